The van der Waals surface area contributed by atoms with E-state index in [0.29, 0.717) is 27.4 Å². The molecular formula is C23H14BrClN2O3. The van der Waals surface area contributed by atoms with Crippen molar-refractivity contribution in [2.75, 3.05) is 4.90 Å². The molecule has 1 aliphatic heterocycles. The smallest absolute Gasteiger partial charge is 0.296 e. The van der Waals surface area contributed by atoms with Gasteiger partial charge in [0.2, 0.25) is 5.76 Å². The van der Waals surface area contributed by atoms with Gasteiger partial charge in [-0.2, -0.15) is 0 Å². The molecule has 0 unspecified atom stereocenters. The minimum Gasteiger partial charge on any atom is -0.450 e. The second-order valence-electron chi connectivity index (χ2n) is 7.14. The van der Waals surface area contributed by atoms with Crippen LogP contribution in [-0.2, 0) is 0 Å². The molecule has 0 saturated carbocycles. The molecule has 30 heavy (non-hydrogen) atoms. The minimum absolute atomic E-state index is 0.0399. The fourth-order valence-electron chi connectivity index (χ4n) is 3.79. The zero-order valence-electron chi connectivity index (χ0n) is 15.7. The summed E-state index contributed by atoms with van der Waals surface area (Å²) in [4.78, 5) is 32.8. The van der Waals surface area contributed by atoms with Crippen molar-refractivity contribution in [3.63, 3.8) is 0 Å². The topological polar surface area (TPSA) is 63.4 Å². The van der Waals surface area contributed by atoms with Gasteiger partial charge in [0.05, 0.1) is 17.0 Å². The molecule has 0 N–H and O–H groups in total. The van der Waals surface area contributed by atoms with Gasteiger partial charge >= 0.3 is 0 Å². The number of pyridine rings is 1. The maximum absolute atomic E-state index is 13.5. The summed E-state index contributed by atoms with van der Waals surface area (Å²) in [6, 6.07) is 15.2. The number of hydrogen-bond acceptors (Lipinski definition) is 4. The average Bonchev–Trinajstić information content (AvgIpc) is 3.02. The van der Waals surface area contributed by atoms with Crippen molar-refractivity contribution in [1.29, 1.82) is 0 Å². The lowest BCUT2D eigenvalue weighted by atomic mass is 9.98. The summed E-state index contributed by atoms with van der Waals surface area (Å²) in [6.45, 7) is 1.92. The van der Waals surface area contributed by atoms with Gasteiger partial charge in [-0.1, -0.05) is 39.7 Å². The first-order chi connectivity index (χ1) is 14.4. The highest BCUT2D eigenvalue weighted by molar-refractivity contribution is 9.10. The van der Waals surface area contributed by atoms with Crippen molar-refractivity contribution >= 4 is 50.2 Å². The van der Waals surface area contributed by atoms with Crippen molar-refractivity contribution < 1.29 is 9.21 Å². The van der Waals surface area contributed by atoms with Crippen molar-refractivity contribution in [2.24, 2.45) is 0 Å². The number of anilines is 1. The highest BCUT2D eigenvalue weighted by Crippen LogP contribution is 2.41. The number of halogens is 2. The molecular weight excluding hydrogens is 468 g/mol. The van der Waals surface area contributed by atoms with Gasteiger partial charge in [0.25, 0.3) is 5.91 Å². The lowest BCUT2D eigenvalue weighted by Crippen LogP contribution is -2.30. The molecule has 2 aromatic carbocycles. The maximum Gasteiger partial charge on any atom is 0.296 e. The highest BCUT2D eigenvalue weighted by atomic mass is 79.9. The summed E-state index contributed by atoms with van der Waals surface area (Å²) in [6.07, 6.45) is 1.64. The predicted molar refractivity (Wildman–Crippen MR) is 119 cm³/mol. The Morgan fingerprint density at radius 2 is 1.83 bits per heavy atom. The Hall–Kier alpha value is -2.96. The van der Waals surface area contributed by atoms with E-state index in [4.69, 9.17) is 16.0 Å². The molecule has 0 fully saturated rings. The number of aryl methyl sites for hydroxylation is 1. The molecule has 1 aliphatic rings. The molecule has 3 heterocycles. The van der Waals surface area contributed by atoms with Gasteiger partial charge in [-0.25, -0.2) is 4.98 Å². The third-order valence-electron chi connectivity index (χ3n) is 5.17. The molecule has 5 nitrogen and oxygen atoms in total. The van der Waals surface area contributed by atoms with Gasteiger partial charge in [-0.15, -0.1) is 0 Å². The van der Waals surface area contributed by atoms with Gasteiger partial charge < -0.3 is 4.42 Å². The molecule has 0 saturated heterocycles. The van der Waals surface area contributed by atoms with Crippen LogP contribution in [0.5, 0.6) is 0 Å². The Kier molecular flexibility index (Phi) is 4.49. The number of rotatable bonds is 2. The van der Waals surface area contributed by atoms with Crippen LogP contribution >= 0.6 is 27.5 Å². The Morgan fingerprint density at radius 3 is 2.57 bits per heavy atom. The van der Waals surface area contributed by atoms with Crippen LogP contribution in [-0.4, -0.2) is 10.9 Å². The summed E-state index contributed by atoms with van der Waals surface area (Å²) < 4.78 is 6.70. The summed E-state index contributed by atoms with van der Waals surface area (Å²) >= 11 is 9.47. The summed E-state index contributed by atoms with van der Waals surface area (Å²) in [5.74, 6) is 0.0963. The number of nitrogens with zero attached hydrogens (tertiary/aromatic N) is 2. The zero-order valence-corrected chi connectivity index (χ0v) is 18.1. The monoisotopic (exact) mass is 480 g/mol. The molecule has 0 aliphatic carbocycles. The number of hydrogen-bond donors (Lipinski definition) is 0. The Bertz CT molecular complexity index is 1380. The third-order valence-corrected chi connectivity index (χ3v) is 5.91. The Balaban J connectivity index is 1.83. The molecule has 4 aromatic rings. The van der Waals surface area contributed by atoms with E-state index in [1.807, 2.05) is 31.2 Å². The molecule has 148 valence electrons. The van der Waals surface area contributed by atoms with E-state index in [2.05, 4.69) is 20.9 Å². The van der Waals surface area contributed by atoms with Crippen molar-refractivity contribution in [3.8, 4) is 0 Å². The molecule has 1 amide bonds. The lowest BCUT2D eigenvalue weighted by Gasteiger charge is -2.24. The van der Waals surface area contributed by atoms with Crippen molar-refractivity contribution in [1.82, 2.24) is 4.98 Å². The van der Waals surface area contributed by atoms with E-state index >= 15 is 0 Å². The van der Waals surface area contributed by atoms with Gasteiger partial charge in [-0.3, -0.25) is 14.5 Å². The first kappa shape index (κ1) is 19.0. The fraction of sp³-hybridized carbons (Fsp3) is 0.0870. The largest absolute Gasteiger partial charge is 0.450 e. The summed E-state index contributed by atoms with van der Waals surface area (Å²) in [7, 11) is 0. The first-order valence-corrected chi connectivity index (χ1v) is 10.4. The molecule has 5 rings (SSSR count). The van der Waals surface area contributed by atoms with E-state index in [1.54, 1.807) is 36.5 Å². The SMILES string of the molecule is Cc1ccnc(N2C(=O)c3oc4ccc(Br)cc4c(=O)c3[C@@H]2c2ccc(Cl)cc2)c1. The number of amides is 1. The number of aromatic nitrogens is 1. The number of carbonyl (C=O) groups excluding carboxylic acids is 1. The van der Waals surface area contributed by atoms with Gasteiger partial charge in [0.15, 0.2) is 5.43 Å². The number of fused-ring (bicyclic) bond motifs is 2. The Labute approximate surface area is 185 Å². The summed E-state index contributed by atoms with van der Waals surface area (Å²) in [5.41, 5.74) is 2.12. The standard InChI is InChI=1S/C23H14BrClN2O3/c1-12-8-9-26-18(10-12)27-20(13-2-5-15(25)6-3-13)19-21(28)16-11-14(24)4-7-17(16)30-22(19)23(27)29/h2-11,20H,1H3/t20-/m0/s1. The second-order valence-corrected chi connectivity index (χ2v) is 8.49. The van der Waals surface area contributed by atoms with Crippen LogP contribution in [0.25, 0.3) is 11.0 Å². The van der Waals surface area contributed by atoms with E-state index in [1.165, 1.54) is 4.90 Å². The molecule has 1 atom stereocenters. The van der Waals surface area contributed by atoms with E-state index in [-0.39, 0.29) is 11.2 Å². The normalized spacial score (nSPS) is 15.6. The second kappa shape index (κ2) is 7.07. The van der Waals surface area contributed by atoms with Crippen LogP contribution < -0.4 is 10.3 Å². The Morgan fingerprint density at radius 1 is 1.07 bits per heavy atom. The maximum atomic E-state index is 13.5. The highest BCUT2D eigenvalue weighted by Gasteiger charge is 2.44. The lowest BCUT2D eigenvalue weighted by molar-refractivity contribution is 0.0970. The van der Waals surface area contributed by atoms with Crippen LogP contribution in [0.1, 0.15) is 33.3 Å². The van der Waals surface area contributed by atoms with Gasteiger partial charge in [-0.05, 0) is 60.5 Å². The van der Waals surface area contributed by atoms with Gasteiger partial charge in [0.1, 0.15) is 11.4 Å². The van der Waals surface area contributed by atoms with Crippen LogP contribution in [0.2, 0.25) is 5.02 Å². The van der Waals surface area contributed by atoms with Crippen molar-refractivity contribution in [2.45, 2.75) is 13.0 Å². The zero-order chi connectivity index (χ0) is 21.0. The van der Waals surface area contributed by atoms with Crippen LogP contribution in [0.4, 0.5) is 5.82 Å². The molecule has 7 heteroatoms. The molecule has 0 spiro atoms. The molecule has 2 aromatic heterocycles. The quantitative estimate of drug-likeness (QED) is 0.370. The number of carbonyl (C=O) groups is 1. The van der Waals surface area contributed by atoms with Crippen LogP contribution in [0.15, 0.2) is 74.5 Å². The average molecular weight is 482 g/mol. The van der Waals surface area contributed by atoms with Crippen LogP contribution in [0.3, 0.4) is 0 Å². The van der Waals surface area contributed by atoms with Gasteiger partial charge in [0, 0.05) is 15.7 Å². The van der Waals surface area contributed by atoms with Crippen molar-refractivity contribution in [3.05, 3.63) is 103 Å². The fourth-order valence-corrected chi connectivity index (χ4v) is 4.28. The molecule has 0 bridgehead atoms. The predicted octanol–water partition coefficient (Wildman–Crippen LogP) is 5.66. The number of benzene rings is 2. The summed E-state index contributed by atoms with van der Waals surface area (Å²) in [5, 5.41) is 0.979. The first-order valence-electron chi connectivity index (χ1n) is 9.22. The van der Waals surface area contributed by atoms with E-state index in [0.717, 1.165) is 15.6 Å². The molecule has 0 radical (unpaired) electrons. The minimum atomic E-state index is -0.668. The van der Waals surface area contributed by atoms with E-state index < -0.39 is 11.9 Å². The van der Waals surface area contributed by atoms with Crippen LogP contribution in [0, 0.1) is 6.92 Å². The third kappa shape index (κ3) is 2.95. The van der Waals surface area contributed by atoms with E-state index in [9.17, 15) is 9.59 Å².